The van der Waals surface area contributed by atoms with Gasteiger partial charge in [0.25, 0.3) is 5.56 Å². The smallest absolute Gasteiger partial charge is 0.265 e. The van der Waals surface area contributed by atoms with E-state index in [1.54, 1.807) is 15.4 Å². The van der Waals surface area contributed by atoms with Gasteiger partial charge in [0, 0.05) is 22.3 Å². The fourth-order valence-corrected chi connectivity index (χ4v) is 5.52. The van der Waals surface area contributed by atoms with Crippen molar-refractivity contribution in [2.45, 2.75) is 31.5 Å². The van der Waals surface area contributed by atoms with Crippen LogP contribution in [0.25, 0.3) is 16.7 Å². The molecular formula is C23H20BrN5O2S. The Hall–Kier alpha value is -2.91. The first-order valence-electron chi connectivity index (χ1n) is 10.2. The number of aryl methyl sites for hydroxylation is 2. The van der Waals surface area contributed by atoms with Crippen molar-refractivity contribution < 1.29 is 4.79 Å². The van der Waals surface area contributed by atoms with Gasteiger partial charge in [-0.05, 0) is 55.3 Å². The first-order chi connectivity index (χ1) is 15.4. The molecule has 32 heavy (non-hydrogen) atoms. The van der Waals surface area contributed by atoms with Gasteiger partial charge in [-0.25, -0.2) is 9.67 Å². The second kappa shape index (κ2) is 8.22. The van der Waals surface area contributed by atoms with Crippen molar-refractivity contribution in [3.05, 3.63) is 74.6 Å². The molecule has 0 fully saturated rings. The third-order valence-electron chi connectivity index (χ3n) is 5.50. The average molecular weight is 510 g/mol. The highest BCUT2D eigenvalue weighted by molar-refractivity contribution is 9.10. The van der Waals surface area contributed by atoms with Crippen LogP contribution in [0.1, 0.15) is 23.6 Å². The summed E-state index contributed by atoms with van der Waals surface area (Å²) in [6.45, 7) is 3.95. The third kappa shape index (κ3) is 3.75. The van der Waals surface area contributed by atoms with Gasteiger partial charge in [0.1, 0.15) is 5.39 Å². The minimum Gasteiger partial charge on any atom is -0.326 e. The molecule has 5 rings (SSSR count). The van der Waals surface area contributed by atoms with E-state index >= 15 is 0 Å². The molecule has 7 nitrogen and oxygen atoms in total. The monoisotopic (exact) mass is 509 g/mol. The largest absolute Gasteiger partial charge is 0.326 e. The van der Waals surface area contributed by atoms with Crippen LogP contribution in [0.3, 0.4) is 0 Å². The molecule has 1 N–H and O–H groups in total. The summed E-state index contributed by atoms with van der Waals surface area (Å²) in [7, 11) is 0. The first kappa shape index (κ1) is 21.0. The van der Waals surface area contributed by atoms with E-state index in [1.807, 2.05) is 56.3 Å². The second-order valence-corrected chi connectivity index (χ2v) is 9.78. The van der Waals surface area contributed by atoms with Crippen LogP contribution >= 0.6 is 27.7 Å². The van der Waals surface area contributed by atoms with Crippen molar-refractivity contribution in [1.29, 1.82) is 0 Å². The molecule has 4 aromatic rings. The van der Waals surface area contributed by atoms with Gasteiger partial charge >= 0.3 is 0 Å². The highest BCUT2D eigenvalue weighted by Crippen LogP contribution is 2.34. The molecule has 1 aliphatic heterocycles. The van der Waals surface area contributed by atoms with Crippen LogP contribution in [0.2, 0.25) is 0 Å². The Labute approximate surface area is 197 Å². The number of fused-ring (bicyclic) bond motifs is 2. The topological polar surface area (TPSA) is 81.8 Å². The number of halogens is 1. The van der Waals surface area contributed by atoms with Gasteiger partial charge in [-0.3, -0.25) is 14.2 Å². The van der Waals surface area contributed by atoms with Crippen molar-refractivity contribution >= 4 is 50.3 Å². The molecular weight excluding hydrogens is 490 g/mol. The number of hydrogen-bond donors (Lipinski definition) is 1. The van der Waals surface area contributed by atoms with E-state index in [-0.39, 0.29) is 23.9 Å². The number of thioether (sulfide) groups is 1. The Morgan fingerprint density at radius 2 is 2.09 bits per heavy atom. The number of carbonyl (C=O) groups is 1. The lowest BCUT2D eigenvalue weighted by Crippen LogP contribution is -2.27. The van der Waals surface area contributed by atoms with E-state index in [4.69, 9.17) is 4.98 Å². The fraction of sp³-hybridized carbons (Fsp3) is 0.217. The molecule has 1 unspecified atom stereocenters. The van der Waals surface area contributed by atoms with Gasteiger partial charge in [-0.15, -0.1) is 0 Å². The summed E-state index contributed by atoms with van der Waals surface area (Å²) in [5.74, 6) is 0.496. The van der Waals surface area contributed by atoms with Crippen LogP contribution in [0.5, 0.6) is 0 Å². The Bertz CT molecular complexity index is 1430. The van der Waals surface area contributed by atoms with E-state index in [0.717, 1.165) is 27.0 Å². The molecule has 0 spiro atoms. The number of anilines is 1. The molecule has 1 atom stereocenters. The van der Waals surface area contributed by atoms with E-state index in [0.29, 0.717) is 21.9 Å². The van der Waals surface area contributed by atoms with E-state index < -0.39 is 0 Å². The Kier molecular flexibility index (Phi) is 5.38. The summed E-state index contributed by atoms with van der Waals surface area (Å²) >= 11 is 4.93. The van der Waals surface area contributed by atoms with Crippen LogP contribution in [0.15, 0.2) is 63.1 Å². The van der Waals surface area contributed by atoms with Gasteiger partial charge in [-0.1, -0.05) is 39.8 Å². The zero-order valence-corrected chi connectivity index (χ0v) is 19.9. The maximum absolute atomic E-state index is 13.3. The van der Waals surface area contributed by atoms with Gasteiger partial charge in [0.2, 0.25) is 5.91 Å². The zero-order chi connectivity index (χ0) is 22.4. The van der Waals surface area contributed by atoms with Crippen molar-refractivity contribution in [3.63, 3.8) is 0 Å². The van der Waals surface area contributed by atoms with Crippen LogP contribution < -0.4 is 10.9 Å². The summed E-state index contributed by atoms with van der Waals surface area (Å²) < 4.78 is 4.30. The number of nitrogens with zero attached hydrogens (tertiary/aromatic N) is 4. The van der Waals surface area contributed by atoms with Crippen molar-refractivity contribution in [2.75, 3.05) is 11.1 Å². The molecule has 0 bridgehead atoms. The number of benzene rings is 2. The van der Waals surface area contributed by atoms with Crippen LogP contribution in [0, 0.1) is 13.8 Å². The number of amides is 1. The van der Waals surface area contributed by atoms with Crippen LogP contribution in [-0.4, -0.2) is 31.0 Å². The molecule has 0 saturated carbocycles. The van der Waals surface area contributed by atoms with Crippen molar-refractivity contribution in [3.8, 4) is 5.69 Å². The van der Waals surface area contributed by atoms with Crippen molar-refractivity contribution in [1.82, 2.24) is 19.3 Å². The third-order valence-corrected chi connectivity index (χ3v) is 7.09. The van der Waals surface area contributed by atoms with Crippen LogP contribution in [-0.2, 0) is 4.79 Å². The van der Waals surface area contributed by atoms with Gasteiger partial charge in [-0.2, -0.15) is 5.10 Å². The summed E-state index contributed by atoms with van der Waals surface area (Å²) in [5, 5.41) is 8.45. The molecule has 2 aromatic heterocycles. The molecule has 162 valence electrons. The predicted octanol–water partition coefficient (Wildman–Crippen LogP) is 4.64. The first-order valence-corrected chi connectivity index (χ1v) is 11.9. The number of rotatable bonds is 4. The average Bonchev–Trinajstić information content (AvgIpc) is 3.35. The molecule has 3 heterocycles. The number of nitrogens with one attached hydrogen (secondary N) is 1. The molecule has 0 radical (unpaired) electrons. The summed E-state index contributed by atoms with van der Waals surface area (Å²) in [6, 6.07) is 13.4. The van der Waals surface area contributed by atoms with Gasteiger partial charge in [0.15, 0.2) is 10.8 Å². The Morgan fingerprint density at radius 1 is 1.25 bits per heavy atom. The molecule has 0 saturated heterocycles. The molecule has 2 aromatic carbocycles. The summed E-state index contributed by atoms with van der Waals surface area (Å²) in [6.07, 6.45) is 1.76. The fourth-order valence-electron chi connectivity index (χ4n) is 3.91. The normalized spacial score (nSPS) is 15.2. The number of aromatic nitrogens is 4. The summed E-state index contributed by atoms with van der Waals surface area (Å²) in [4.78, 5) is 30.8. The standard InChI is InChI=1S/C23H20BrN5O2S/c1-13-4-3-5-16(8-13)29-21-18(11-25-29)22(31)28-17(12-32-23(28)27-21)10-20(30)26-19-7-6-15(24)9-14(19)2/h3-9,11,17H,10,12H2,1-2H3,(H,26,30). The van der Waals surface area contributed by atoms with E-state index in [2.05, 4.69) is 26.3 Å². The lowest BCUT2D eigenvalue weighted by Gasteiger charge is -2.14. The molecule has 1 aliphatic rings. The molecule has 0 aliphatic carbocycles. The minimum atomic E-state index is -0.252. The Morgan fingerprint density at radius 3 is 2.88 bits per heavy atom. The highest BCUT2D eigenvalue weighted by Gasteiger charge is 2.29. The zero-order valence-electron chi connectivity index (χ0n) is 17.5. The highest BCUT2D eigenvalue weighted by atomic mass is 79.9. The number of carbonyl (C=O) groups excluding carboxylic acids is 1. The van der Waals surface area contributed by atoms with Gasteiger partial charge < -0.3 is 5.32 Å². The van der Waals surface area contributed by atoms with E-state index in [1.165, 1.54) is 11.8 Å². The lowest BCUT2D eigenvalue weighted by atomic mass is 10.1. The quantitative estimate of drug-likeness (QED) is 0.405. The Balaban J connectivity index is 1.44. The second-order valence-electron chi connectivity index (χ2n) is 7.88. The number of hydrogen-bond acceptors (Lipinski definition) is 5. The van der Waals surface area contributed by atoms with Gasteiger partial charge in [0.05, 0.1) is 17.9 Å². The van der Waals surface area contributed by atoms with Crippen LogP contribution in [0.4, 0.5) is 5.69 Å². The predicted molar refractivity (Wildman–Crippen MR) is 130 cm³/mol. The maximum atomic E-state index is 13.3. The SMILES string of the molecule is Cc1cccc(-n2ncc3c(=O)n4c(nc32)SCC4CC(=O)Nc2ccc(Br)cc2C)c1. The molecule has 1 amide bonds. The van der Waals surface area contributed by atoms with Crippen molar-refractivity contribution in [2.24, 2.45) is 0 Å². The maximum Gasteiger partial charge on any atom is 0.265 e. The van der Waals surface area contributed by atoms with E-state index in [9.17, 15) is 9.59 Å². The summed E-state index contributed by atoms with van der Waals surface area (Å²) in [5.41, 5.74) is 4.08. The molecule has 9 heteroatoms. The minimum absolute atomic E-state index is 0.128. The lowest BCUT2D eigenvalue weighted by molar-refractivity contribution is -0.116.